The Labute approximate surface area is 130 Å². The minimum absolute atomic E-state index is 0.111. The molecule has 5 nitrogen and oxygen atoms in total. The van der Waals surface area contributed by atoms with Crippen molar-refractivity contribution in [3.8, 4) is 0 Å². The first-order chi connectivity index (χ1) is 10.5. The van der Waals surface area contributed by atoms with Gasteiger partial charge in [0.15, 0.2) is 5.78 Å². The first-order valence-electron chi connectivity index (χ1n) is 7.90. The van der Waals surface area contributed by atoms with Crippen molar-refractivity contribution in [3.05, 3.63) is 29.6 Å². The first kappa shape index (κ1) is 15.2. The zero-order valence-electron chi connectivity index (χ0n) is 13.2. The van der Waals surface area contributed by atoms with Crippen molar-refractivity contribution < 1.29 is 9.90 Å². The number of nitrogens with one attached hydrogen (secondary N) is 1. The van der Waals surface area contributed by atoms with E-state index < -0.39 is 6.10 Å². The average Bonchev–Trinajstić information content (AvgIpc) is 2.84. The van der Waals surface area contributed by atoms with E-state index in [-0.39, 0.29) is 11.8 Å². The number of nitrogens with zero attached hydrogens (tertiary/aromatic N) is 2. The Morgan fingerprint density at radius 2 is 2.18 bits per heavy atom. The second kappa shape index (κ2) is 6.18. The summed E-state index contributed by atoms with van der Waals surface area (Å²) in [5, 5.41) is 13.2. The molecule has 0 aliphatic carbocycles. The van der Waals surface area contributed by atoms with E-state index in [1.807, 2.05) is 4.57 Å². The Balaban J connectivity index is 1.72. The van der Waals surface area contributed by atoms with E-state index in [4.69, 9.17) is 0 Å². The molecular formula is C17H23N3O2. The van der Waals surface area contributed by atoms with E-state index in [1.54, 1.807) is 6.33 Å². The van der Waals surface area contributed by atoms with Gasteiger partial charge in [0.2, 0.25) is 0 Å². The van der Waals surface area contributed by atoms with E-state index in [2.05, 4.69) is 36.3 Å². The lowest BCUT2D eigenvalue weighted by molar-refractivity contribution is -0.121. The molecule has 0 bridgehead atoms. The molecule has 5 heteroatoms. The van der Waals surface area contributed by atoms with Crippen LogP contribution >= 0.6 is 0 Å². The highest BCUT2D eigenvalue weighted by atomic mass is 16.3. The van der Waals surface area contributed by atoms with Crippen molar-refractivity contribution in [1.29, 1.82) is 0 Å². The molecule has 2 atom stereocenters. The number of imidazole rings is 1. The fraction of sp³-hybridized carbons (Fsp3) is 0.529. The van der Waals surface area contributed by atoms with Gasteiger partial charge in [-0.15, -0.1) is 0 Å². The van der Waals surface area contributed by atoms with Gasteiger partial charge in [-0.25, -0.2) is 4.98 Å². The summed E-state index contributed by atoms with van der Waals surface area (Å²) in [6.45, 7) is 5.32. The summed E-state index contributed by atoms with van der Waals surface area (Å²) >= 11 is 0. The molecule has 0 amide bonds. The Kier molecular flexibility index (Phi) is 4.27. The lowest BCUT2D eigenvalue weighted by atomic mass is 9.97. The number of benzene rings is 1. The molecule has 3 rings (SSSR count). The molecule has 2 aromatic rings. The number of carbonyl (C=O) groups is 1. The number of hydrogen-bond acceptors (Lipinski definition) is 4. The fourth-order valence-corrected chi connectivity index (χ4v) is 3.08. The molecule has 1 fully saturated rings. The predicted octanol–water partition coefficient (Wildman–Crippen LogP) is 1.73. The topological polar surface area (TPSA) is 67.2 Å². The quantitative estimate of drug-likeness (QED) is 0.902. The lowest BCUT2D eigenvalue weighted by Gasteiger charge is -2.28. The number of ketones is 1. The van der Waals surface area contributed by atoms with Gasteiger partial charge in [0.05, 0.1) is 30.0 Å². The first-order valence-corrected chi connectivity index (χ1v) is 7.90. The highest BCUT2D eigenvalue weighted by Gasteiger charge is 2.24. The molecule has 0 spiro atoms. The number of aliphatic hydroxyl groups is 1. The second-order valence-electron chi connectivity index (χ2n) is 6.31. The van der Waals surface area contributed by atoms with E-state index in [9.17, 15) is 9.90 Å². The third-order valence-corrected chi connectivity index (χ3v) is 4.58. The summed E-state index contributed by atoms with van der Waals surface area (Å²) < 4.78 is 1.90. The lowest BCUT2D eigenvalue weighted by Crippen LogP contribution is -2.46. The summed E-state index contributed by atoms with van der Waals surface area (Å²) in [5.74, 6) is 0.121. The molecule has 0 radical (unpaired) electrons. The van der Waals surface area contributed by atoms with Crippen LogP contribution in [0.4, 0.5) is 0 Å². The van der Waals surface area contributed by atoms with Gasteiger partial charge in [0, 0.05) is 12.5 Å². The molecular weight excluding hydrogens is 278 g/mol. The summed E-state index contributed by atoms with van der Waals surface area (Å²) in [6, 6.07) is 4.02. The number of carbonyl (C=O) groups excluding carboxylic acids is 1. The number of piperidine rings is 1. The van der Waals surface area contributed by atoms with Crippen molar-refractivity contribution in [2.45, 2.75) is 51.8 Å². The van der Waals surface area contributed by atoms with Crippen molar-refractivity contribution in [2.24, 2.45) is 0 Å². The van der Waals surface area contributed by atoms with Crippen LogP contribution in [0.3, 0.4) is 0 Å². The largest absolute Gasteiger partial charge is 0.391 e. The van der Waals surface area contributed by atoms with Crippen LogP contribution in [0.15, 0.2) is 18.5 Å². The Morgan fingerprint density at radius 1 is 1.41 bits per heavy atom. The SMILES string of the molecule is Cc1cc2ncn(CC(=O)C[C@H]3NCCC[C@@H]3O)c2cc1C. The Morgan fingerprint density at radius 3 is 2.95 bits per heavy atom. The van der Waals surface area contributed by atoms with Gasteiger partial charge < -0.3 is 15.0 Å². The maximum absolute atomic E-state index is 12.3. The van der Waals surface area contributed by atoms with E-state index >= 15 is 0 Å². The number of Topliss-reactive ketones (excluding diaryl/α,β-unsaturated/α-hetero) is 1. The number of hydrogen-bond donors (Lipinski definition) is 2. The molecule has 1 aliphatic rings. The number of aryl methyl sites for hydroxylation is 2. The number of rotatable bonds is 4. The van der Waals surface area contributed by atoms with Crippen LogP contribution in [-0.4, -0.2) is 39.1 Å². The molecule has 118 valence electrons. The molecule has 0 saturated carbocycles. The number of aromatic nitrogens is 2. The molecule has 2 heterocycles. The average molecular weight is 301 g/mol. The third kappa shape index (κ3) is 3.05. The number of aliphatic hydroxyl groups excluding tert-OH is 1. The Bertz CT molecular complexity index is 693. The van der Waals surface area contributed by atoms with Gasteiger partial charge in [-0.1, -0.05) is 0 Å². The van der Waals surface area contributed by atoms with Gasteiger partial charge in [-0.3, -0.25) is 4.79 Å². The third-order valence-electron chi connectivity index (χ3n) is 4.58. The van der Waals surface area contributed by atoms with Crippen LogP contribution in [-0.2, 0) is 11.3 Å². The molecule has 1 aromatic carbocycles. The molecule has 2 N–H and O–H groups in total. The van der Waals surface area contributed by atoms with Crippen LogP contribution in [0.25, 0.3) is 11.0 Å². The standard InChI is InChI=1S/C17H23N3O2/c1-11-6-14-16(7-12(11)2)20(10-19-14)9-13(21)8-15-17(22)4-3-5-18-15/h6-7,10,15,17-18,22H,3-5,8-9H2,1-2H3/t15-,17+/m1/s1. The van der Waals surface area contributed by atoms with Crippen molar-refractivity contribution in [2.75, 3.05) is 6.54 Å². The maximum Gasteiger partial charge on any atom is 0.154 e. The van der Waals surface area contributed by atoms with Gasteiger partial charge in [0.25, 0.3) is 0 Å². The second-order valence-corrected chi connectivity index (χ2v) is 6.31. The molecule has 1 aromatic heterocycles. The highest BCUT2D eigenvalue weighted by molar-refractivity contribution is 5.83. The summed E-state index contributed by atoms with van der Waals surface area (Å²) in [7, 11) is 0. The molecule has 0 unspecified atom stereocenters. The van der Waals surface area contributed by atoms with Gasteiger partial charge in [0.1, 0.15) is 0 Å². The molecule has 1 saturated heterocycles. The van der Waals surface area contributed by atoms with Crippen LogP contribution in [0.1, 0.15) is 30.4 Å². The monoisotopic (exact) mass is 301 g/mol. The normalized spacial score (nSPS) is 22.1. The smallest absolute Gasteiger partial charge is 0.154 e. The number of fused-ring (bicyclic) bond motifs is 1. The summed E-state index contributed by atoms with van der Waals surface area (Å²) in [5.41, 5.74) is 4.32. The molecule has 1 aliphatic heterocycles. The summed E-state index contributed by atoms with van der Waals surface area (Å²) in [6.07, 6.45) is 3.42. The van der Waals surface area contributed by atoms with Crippen LogP contribution in [0, 0.1) is 13.8 Å². The summed E-state index contributed by atoms with van der Waals surface area (Å²) in [4.78, 5) is 16.7. The van der Waals surface area contributed by atoms with Crippen molar-refractivity contribution in [3.63, 3.8) is 0 Å². The van der Waals surface area contributed by atoms with Crippen LogP contribution in [0.5, 0.6) is 0 Å². The van der Waals surface area contributed by atoms with E-state index in [0.717, 1.165) is 30.4 Å². The van der Waals surface area contributed by atoms with E-state index in [0.29, 0.717) is 13.0 Å². The minimum atomic E-state index is -0.415. The zero-order chi connectivity index (χ0) is 15.7. The van der Waals surface area contributed by atoms with Crippen LogP contribution < -0.4 is 5.32 Å². The van der Waals surface area contributed by atoms with Gasteiger partial charge in [-0.2, -0.15) is 0 Å². The molecule has 22 heavy (non-hydrogen) atoms. The predicted molar refractivity (Wildman–Crippen MR) is 85.9 cm³/mol. The fourth-order valence-electron chi connectivity index (χ4n) is 3.08. The van der Waals surface area contributed by atoms with E-state index in [1.165, 1.54) is 11.1 Å². The van der Waals surface area contributed by atoms with Crippen LogP contribution in [0.2, 0.25) is 0 Å². The Hall–Kier alpha value is -1.72. The van der Waals surface area contributed by atoms with Crippen molar-refractivity contribution >= 4 is 16.8 Å². The zero-order valence-corrected chi connectivity index (χ0v) is 13.2. The van der Waals surface area contributed by atoms with Crippen molar-refractivity contribution in [1.82, 2.24) is 14.9 Å². The van der Waals surface area contributed by atoms with Gasteiger partial charge in [-0.05, 0) is 56.5 Å². The highest BCUT2D eigenvalue weighted by Crippen LogP contribution is 2.19. The minimum Gasteiger partial charge on any atom is -0.391 e. The maximum atomic E-state index is 12.3. The van der Waals surface area contributed by atoms with Gasteiger partial charge >= 0.3 is 0 Å².